The van der Waals surface area contributed by atoms with Crippen molar-refractivity contribution < 1.29 is 9.90 Å². The Kier molecular flexibility index (Phi) is 3.45. The Morgan fingerprint density at radius 1 is 1.27 bits per heavy atom. The summed E-state index contributed by atoms with van der Waals surface area (Å²) in [7, 11) is 0. The van der Waals surface area contributed by atoms with Crippen molar-refractivity contribution in [3.05, 3.63) is 0 Å². The van der Waals surface area contributed by atoms with Crippen molar-refractivity contribution in [1.29, 1.82) is 0 Å². The molecule has 86 valence electrons. The number of Topliss-reactive ketones (excluding diaryl/α,β-unsaturated/α-hetero) is 1. The van der Waals surface area contributed by atoms with Crippen molar-refractivity contribution in [2.24, 2.45) is 17.8 Å². The van der Waals surface area contributed by atoms with Gasteiger partial charge in [0.25, 0.3) is 0 Å². The van der Waals surface area contributed by atoms with E-state index in [0.29, 0.717) is 11.8 Å². The minimum atomic E-state index is -0.637. The van der Waals surface area contributed by atoms with Crippen LogP contribution in [0.2, 0.25) is 0 Å². The maximum Gasteiger partial charge on any atom is 0.164 e. The minimum absolute atomic E-state index is 0.157. The average Bonchev–Trinajstić information content (AvgIpc) is 3.11. The summed E-state index contributed by atoms with van der Waals surface area (Å²) in [5, 5.41) is 9.87. The Hall–Kier alpha value is -0.370. The summed E-state index contributed by atoms with van der Waals surface area (Å²) in [5.41, 5.74) is 0. The van der Waals surface area contributed by atoms with Gasteiger partial charge in [-0.2, -0.15) is 0 Å². The number of hydrogen-bond acceptors (Lipinski definition) is 2. The molecule has 2 aliphatic carbocycles. The maximum absolute atomic E-state index is 12.1. The van der Waals surface area contributed by atoms with Gasteiger partial charge in [0, 0.05) is 5.92 Å². The van der Waals surface area contributed by atoms with Crippen molar-refractivity contribution in [3.8, 4) is 0 Å². The first-order valence-electron chi connectivity index (χ1n) is 6.45. The summed E-state index contributed by atoms with van der Waals surface area (Å²) < 4.78 is 0. The van der Waals surface area contributed by atoms with E-state index < -0.39 is 6.10 Å². The van der Waals surface area contributed by atoms with Crippen molar-refractivity contribution in [1.82, 2.24) is 0 Å². The highest BCUT2D eigenvalue weighted by Gasteiger charge is 2.40. The topological polar surface area (TPSA) is 37.3 Å². The van der Waals surface area contributed by atoms with Crippen molar-refractivity contribution in [2.75, 3.05) is 0 Å². The SMILES string of the molecule is CCC1CCCCC1C(=O)C(O)C1CC1. The van der Waals surface area contributed by atoms with Gasteiger partial charge in [0.2, 0.25) is 0 Å². The quantitative estimate of drug-likeness (QED) is 0.774. The first-order chi connectivity index (χ1) is 7.24. The van der Waals surface area contributed by atoms with Crippen LogP contribution in [0.4, 0.5) is 0 Å². The number of hydrogen-bond donors (Lipinski definition) is 1. The van der Waals surface area contributed by atoms with Crippen LogP contribution in [0.1, 0.15) is 51.9 Å². The lowest BCUT2D eigenvalue weighted by Gasteiger charge is -2.31. The molecule has 0 aliphatic heterocycles. The van der Waals surface area contributed by atoms with E-state index in [1.807, 2.05) is 0 Å². The van der Waals surface area contributed by atoms with Gasteiger partial charge in [-0.3, -0.25) is 4.79 Å². The summed E-state index contributed by atoms with van der Waals surface area (Å²) in [6.45, 7) is 2.17. The molecule has 0 aromatic carbocycles. The highest BCUT2D eigenvalue weighted by atomic mass is 16.3. The van der Waals surface area contributed by atoms with E-state index in [1.165, 1.54) is 19.3 Å². The number of rotatable bonds is 4. The number of carbonyl (C=O) groups excluding carboxylic acids is 1. The molecule has 0 aromatic rings. The first kappa shape index (κ1) is 11.1. The number of aliphatic hydroxyl groups is 1. The number of aliphatic hydroxyl groups excluding tert-OH is 1. The molecule has 0 amide bonds. The molecule has 3 unspecified atom stereocenters. The Morgan fingerprint density at radius 3 is 2.53 bits per heavy atom. The zero-order valence-electron chi connectivity index (χ0n) is 9.61. The van der Waals surface area contributed by atoms with E-state index in [9.17, 15) is 9.90 Å². The molecular weight excluding hydrogens is 188 g/mol. The van der Waals surface area contributed by atoms with Crippen LogP contribution in [0, 0.1) is 17.8 Å². The Balaban J connectivity index is 1.96. The van der Waals surface area contributed by atoms with Crippen LogP contribution in [0.25, 0.3) is 0 Å². The molecule has 0 bridgehead atoms. The maximum atomic E-state index is 12.1. The largest absolute Gasteiger partial charge is 0.385 e. The molecule has 2 saturated carbocycles. The van der Waals surface area contributed by atoms with E-state index in [2.05, 4.69) is 6.92 Å². The fourth-order valence-electron chi connectivity index (χ4n) is 2.93. The van der Waals surface area contributed by atoms with Gasteiger partial charge < -0.3 is 5.11 Å². The van der Waals surface area contributed by atoms with Crippen LogP contribution in [0.15, 0.2) is 0 Å². The van der Waals surface area contributed by atoms with Crippen molar-refractivity contribution in [2.45, 2.75) is 58.0 Å². The second-order valence-electron chi connectivity index (χ2n) is 5.24. The van der Waals surface area contributed by atoms with Gasteiger partial charge in [-0.25, -0.2) is 0 Å². The third-order valence-electron chi connectivity index (χ3n) is 4.16. The van der Waals surface area contributed by atoms with Crippen LogP contribution in [-0.2, 0) is 4.79 Å². The summed E-state index contributed by atoms with van der Waals surface area (Å²) in [6, 6.07) is 0. The van der Waals surface area contributed by atoms with Gasteiger partial charge >= 0.3 is 0 Å². The smallest absolute Gasteiger partial charge is 0.164 e. The van der Waals surface area contributed by atoms with Gasteiger partial charge in [-0.15, -0.1) is 0 Å². The van der Waals surface area contributed by atoms with E-state index in [1.54, 1.807) is 0 Å². The van der Waals surface area contributed by atoms with E-state index in [-0.39, 0.29) is 11.7 Å². The summed E-state index contributed by atoms with van der Waals surface area (Å²) >= 11 is 0. The van der Waals surface area contributed by atoms with Crippen LogP contribution in [0.5, 0.6) is 0 Å². The van der Waals surface area contributed by atoms with Crippen LogP contribution in [0.3, 0.4) is 0 Å². The fraction of sp³-hybridized carbons (Fsp3) is 0.923. The highest BCUT2D eigenvalue weighted by molar-refractivity contribution is 5.86. The van der Waals surface area contributed by atoms with E-state index in [4.69, 9.17) is 0 Å². The van der Waals surface area contributed by atoms with Crippen LogP contribution in [-0.4, -0.2) is 17.0 Å². The summed E-state index contributed by atoms with van der Waals surface area (Å²) in [6.07, 6.45) is 7.19. The molecule has 0 radical (unpaired) electrons. The third-order valence-corrected chi connectivity index (χ3v) is 4.16. The van der Waals surface area contributed by atoms with Gasteiger partial charge in [0.05, 0.1) is 0 Å². The van der Waals surface area contributed by atoms with Crippen molar-refractivity contribution >= 4 is 5.78 Å². The lowest BCUT2D eigenvalue weighted by molar-refractivity contribution is -0.135. The fourth-order valence-corrected chi connectivity index (χ4v) is 2.93. The Bertz CT molecular complexity index is 233. The molecule has 0 spiro atoms. The van der Waals surface area contributed by atoms with Gasteiger partial charge in [0.1, 0.15) is 6.10 Å². The second-order valence-corrected chi connectivity index (χ2v) is 5.24. The van der Waals surface area contributed by atoms with Gasteiger partial charge in [-0.1, -0.05) is 26.2 Å². The Labute approximate surface area is 92.1 Å². The van der Waals surface area contributed by atoms with Crippen LogP contribution >= 0.6 is 0 Å². The highest BCUT2D eigenvalue weighted by Crippen LogP contribution is 2.38. The molecule has 2 nitrogen and oxygen atoms in total. The number of ketones is 1. The molecular formula is C13H22O2. The molecule has 2 aliphatic rings. The third kappa shape index (κ3) is 2.41. The lowest BCUT2D eigenvalue weighted by atomic mass is 9.74. The molecule has 0 heterocycles. The molecule has 2 heteroatoms. The van der Waals surface area contributed by atoms with Crippen molar-refractivity contribution in [3.63, 3.8) is 0 Å². The zero-order valence-corrected chi connectivity index (χ0v) is 9.61. The zero-order chi connectivity index (χ0) is 10.8. The molecule has 0 aromatic heterocycles. The van der Waals surface area contributed by atoms with E-state index >= 15 is 0 Å². The molecule has 1 N–H and O–H groups in total. The molecule has 2 fully saturated rings. The molecule has 15 heavy (non-hydrogen) atoms. The minimum Gasteiger partial charge on any atom is -0.385 e. The summed E-state index contributed by atoms with van der Waals surface area (Å²) in [4.78, 5) is 12.1. The van der Waals surface area contributed by atoms with Crippen LogP contribution < -0.4 is 0 Å². The lowest BCUT2D eigenvalue weighted by Crippen LogP contribution is -2.35. The molecule has 3 atom stereocenters. The Morgan fingerprint density at radius 2 is 1.93 bits per heavy atom. The van der Waals surface area contributed by atoms with Gasteiger partial charge in [-0.05, 0) is 37.5 Å². The van der Waals surface area contributed by atoms with E-state index in [0.717, 1.165) is 25.7 Å². The second kappa shape index (κ2) is 4.65. The predicted molar refractivity (Wildman–Crippen MR) is 59.5 cm³/mol. The molecule has 0 saturated heterocycles. The average molecular weight is 210 g/mol. The molecule has 2 rings (SSSR count). The number of carbonyl (C=O) groups is 1. The monoisotopic (exact) mass is 210 g/mol. The standard InChI is InChI=1S/C13H22O2/c1-2-9-5-3-4-6-11(9)13(15)12(14)10-7-8-10/h9-12,14H,2-8H2,1H3. The predicted octanol–water partition coefficient (Wildman–Crippen LogP) is 2.54. The summed E-state index contributed by atoms with van der Waals surface area (Å²) in [5.74, 6) is 1.17. The first-order valence-corrected chi connectivity index (χ1v) is 6.45. The normalized spacial score (nSPS) is 33.7. The van der Waals surface area contributed by atoms with Gasteiger partial charge in [0.15, 0.2) is 5.78 Å².